The molecular weight excluding hydrogens is 376 g/mol. The lowest BCUT2D eigenvalue weighted by atomic mass is 9.99. The molecule has 1 amide bonds. The standard InChI is InChI=1S/C20H20N4O5/c1-4-8-22-18(27)23(9-5-2)20(29)24(19(22)28)11-16(25)13-6-7-15-14(10-13)12(3)17(26)21-15/h4-7,10,12H,1-2,8-9,11H2,3H3,(H,21,26)/t12-/m1/s1. The third-order valence-corrected chi connectivity index (χ3v) is 4.80. The number of fused-ring (bicyclic) bond motifs is 1. The van der Waals surface area contributed by atoms with Gasteiger partial charge in [0.25, 0.3) is 0 Å². The Morgan fingerprint density at radius 2 is 1.55 bits per heavy atom. The molecule has 1 aliphatic heterocycles. The van der Waals surface area contributed by atoms with E-state index >= 15 is 0 Å². The molecule has 150 valence electrons. The zero-order valence-corrected chi connectivity index (χ0v) is 15.9. The zero-order valence-electron chi connectivity index (χ0n) is 15.9. The molecular formula is C20H20N4O5. The van der Waals surface area contributed by atoms with Crippen LogP contribution in [0, 0.1) is 0 Å². The molecule has 9 nitrogen and oxygen atoms in total. The van der Waals surface area contributed by atoms with Gasteiger partial charge in [-0.15, -0.1) is 13.2 Å². The third-order valence-electron chi connectivity index (χ3n) is 4.80. The van der Waals surface area contributed by atoms with Gasteiger partial charge in [0, 0.05) is 11.3 Å². The van der Waals surface area contributed by atoms with E-state index in [4.69, 9.17) is 0 Å². The van der Waals surface area contributed by atoms with E-state index in [1.807, 2.05) is 0 Å². The topological polar surface area (TPSA) is 112 Å². The van der Waals surface area contributed by atoms with Crippen molar-refractivity contribution in [2.75, 3.05) is 5.32 Å². The first-order chi connectivity index (χ1) is 13.8. The summed E-state index contributed by atoms with van der Waals surface area (Å²) in [6.07, 6.45) is 2.70. The number of rotatable bonds is 7. The second kappa shape index (κ2) is 7.70. The number of ketones is 1. The van der Waals surface area contributed by atoms with Crippen LogP contribution in [0.15, 0.2) is 57.9 Å². The highest BCUT2D eigenvalue weighted by atomic mass is 16.2. The van der Waals surface area contributed by atoms with Gasteiger partial charge in [-0.05, 0) is 30.7 Å². The van der Waals surface area contributed by atoms with Crippen molar-refractivity contribution in [3.05, 3.63) is 86.1 Å². The molecule has 9 heteroatoms. The largest absolute Gasteiger partial charge is 0.337 e. The van der Waals surface area contributed by atoms with Gasteiger partial charge in [0.05, 0.1) is 25.6 Å². The van der Waals surface area contributed by atoms with Gasteiger partial charge < -0.3 is 5.32 Å². The van der Waals surface area contributed by atoms with Gasteiger partial charge in [-0.1, -0.05) is 12.2 Å². The summed E-state index contributed by atoms with van der Waals surface area (Å²) in [5, 5.41) is 2.71. The number of benzene rings is 1. The molecule has 0 saturated heterocycles. The van der Waals surface area contributed by atoms with Crippen molar-refractivity contribution in [2.24, 2.45) is 0 Å². The summed E-state index contributed by atoms with van der Waals surface area (Å²) in [4.78, 5) is 62.2. The number of aromatic nitrogens is 3. The number of nitrogens with zero attached hydrogens (tertiary/aromatic N) is 3. The molecule has 3 rings (SSSR count). The molecule has 0 aliphatic carbocycles. The number of nitrogens with one attached hydrogen (secondary N) is 1. The van der Waals surface area contributed by atoms with Crippen molar-refractivity contribution in [3.63, 3.8) is 0 Å². The molecule has 0 saturated carbocycles. The molecule has 0 fully saturated rings. The molecule has 0 spiro atoms. The lowest BCUT2D eigenvalue weighted by molar-refractivity contribution is -0.116. The Labute approximate surface area is 165 Å². The average molecular weight is 396 g/mol. The van der Waals surface area contributed by atoms with Crippen molar-refractivity contribution in [1.29, 1.82) is 0 Å². The number of Topliss-reactive ketones (excluding diaryl/α,β-unsaturated/α-hetero) is 1. The summed E-state index contributed by atoms with van der Waals surface area (Å²) >= 11 is 0. The quantitative estimate of drug-likeness (QED) is 0.540. The molecule has 2 aromatic rings. The first-order valence-corrected chi connectivity index (χ1v) is 8.94. The Morgan fingerprint density at radius 3 is 2.10 bits per heavy atom. The highest BCUT2D eigenvalue weighted by Gasteiger charge is 2.27. The highest BCUT2D eigenvalue weighted by Crippen LogP contribution is 2.32. The minimum absolute atomic E-state index is 0.104. The van der Waals surface area contributed by atoms with Crippen LogP contribution in [0.5, 0.6) is 0 Å². The molecule has 1 N–H and O–H groups in total. The number of carbonyl (C=O) groups is 2. The molecule has 0 unspecified atom stereocenters. The van der Waals surface area contributed by atoms with Crippen molar-refractivity contribution in [3.8, 4) is 0 Å². The number of amides is 1. The summed E-state index contributed by atoms with van der Waals surface area (Å²) in [6.45, 7) is 7.98. The molecule has 2 heterocycles. The third kappa shape index (κ3) is 3.42. The molecule has 0 bridgehead atoms. The summed E-state index contributed by atoms with van der Waals surface area (Å²) in [6, 6.07) is 4.71. The van der Waals surface area contributed by atoms with E-state index in [2.05, 4.69) is 18.5 Å². The van der Waals surface area contributed by atoms with E-state index < -0.39 is 35.3 Å². The van der Waals surface area contributed by atoms with Crippen LogP contribution in [0.1, 0.15) is 28.8 Å². The van der Waals surface area contributed by atoms with Gasteiger partial charge in [0.1, 0.15) is 0 Å². The molecule has 1 aromatic heterocycles. The SMILES string of the molecule is C=CCn1c(=O)n(CC=C)c(=O)n(CC(=O)c2ccc3c(c2)[C@@H](C)C(=O)N3)c1=O. The number of anilines is 1. The Balaban J connectivity index is 2.05. The van der Waals surface area contributed by atoms with Crippen LogP contribution in [0.4, 0.5) is 5.69 Å². The fourth-order valence-electron chi connectivity index (χ4n) is 3.21. The predicted molar refractivity (Wildman–Crippen MR) is 107 cm³/mol. The normalized spacial score (nSPS) is 14.9. The Kier molecular flexibility index (Phi) is 5.31. The maximum Gasteiger partial charge on any atom is 0.337 e. The van der Waals surface area contributed by atoms with Crippen LogP contribution in [0.2, 0.25) is 0 Å². The molecule has 29 heavy (non-hydrogen) atoms. The number of hydrogen-bond acceptors (Lipinski definition) is 5. The lowest BCUT2D eigenvalue weighted by Crippen LogP contribution is -2.55. The minimum atomic E-state index is -0.889. The van der Waals surface area contributed by atoms with Crippen LogP contribution in [0.3, 0.4) is 0 Å². The Morgan fingerprint density at radius 1 is 1.00 bits per heavy atom. The van der Waals surface area contributed by atoms with E-state index in [9.17, 15) is 24.0 Å². The fourth-order valence-corrected chi connectivity index (χ4v) is 3.21. The number of carbonyl (C=O) groups excluding carboxylic acids is 2. The van der Waals surface area contributed by atoms with Gasteiger partial charge in [-0.25, -0.2) is 28.1 Å². The van der Waals surface area contributed by atoms with Crippen LogP contribution in [0.25, 0.3) is 0 Å². The van der Waals surface area contributed by atoms with Crippen LogP contribution < -0.4 is 22.4 Å². The van der Waals surface area contributed by atoms with Crippen molar-refractivity contribution >= 4 is 17.4 Å². The van der Waals surface area contributed by atoms with Gasteiger partial charge in [-0.3, -0.25) is 9.59 Å². The zero-order chi connectivity index (χ0) is 21.3. The van der Waals surface area contributed by atoms with E-state index in [1.54, 1.807) is 19.1 Å². The second-order valence-electron chi connectivity index (χ2n) is 6.67. The molecule has 1 atom stereocenters. The smallest absolute Gasteiger partial charge is 0.325 e. The number of hydrogen-bond donors (Lipinski definition) is 1. The lowest BCUT2D eigenvalue weighted by Gasteiger charge is -2.12. The Bertz CT molecular complexity index is 1170. The summed E-state index contributed by atoms with van der Waals surface area (Å²) in [7, 11) is 0. The first-order valence-electron chi connectivity index (χ1n) is 8.94. The van der Waals surface area contributed by atoms with Gasteiger partial charge in [-0.2, -0.15) is 0 Å². The molecule has 0 radical (unpaired) electrons. The van der Waals surface area contributed by atoms with Crippen LogP contribution in [-0.4, -0.2) is 25.4 Å². The van der Waals surface area contributed by atoms with E-state index in [0.29, 0.717) is 11.3 Å². The van der Waals surface area contributed by atoms with E-state index in [1.165, 1.54) is 18.2 Å². The minimum Gasteiger partial charge on any atom is -0.325 e. The number of allylic oxidation sites excluding steroid dienone is 2. The van der Waals surface area contributed by atoms with Crippen molar-refractivity contribution in [1.82, 2.24) is 13.7 Å². The maximum atomic E-state index is 12.8. The van der Waals surface area contributed by atoms with Gasteiger partial charge in [0.15, 0.2) is 5.78 Å². The predicted octanol–water partition coefficient (Wildman–Crippen LogP) is 0.482. The van der Waals surface area contributed by atoms with Crippen molar-refractivity contribution in [2.45, 2.75) is 32.5 Å². The first kappa shape index (κ1) is 20.0. The van der Waals surface area contributed by atoms with Crippen LogP contribution in [-0.2, 0) is 24.4 Å². The van der Waals surface area contributed by atoms with E-state index in [-0.39, 0.29) is 24.6 Å². The maximum absolute atomic E-state index is 12.8. The molecule has 1 aliphatic rings. The average Bonchev–Trinajstić information content (AvgIpc) is 2.99. The highest BCUT2D eigenvalue weighted by molar-refractivity contribution is 6.04. The van der Waals surface area contributed by atoms with Gasteiger partial charge in [0.2, 0.25) is 5.91 Å². The monoisotopic (exact) mass is 396 g/mol. The van der Waals surface area contributed by atoms with Gasteiger partial charge >= 0.3 is 17.1 Å². The fraction of sp³-hybridized carbons (Fsp3) is 0.250. The van der Waals surface area contributed by atoms with E-state index in [0.717, 1.165) is 13.7 Å². The summed E-state index contributed by atoms with van der Waals surface area (Å²) in [5.74, 6) is -1.06. The second-order valence-corrected chi connectivity index (χ2v) is 6.67. The molecule has 1 aromatic carbocycles. The summed E-state index contributed by atoms with van der Waals surface area (Å²) < 4.78 is 2.38. The Hall–Kier alpha value is -3.75. The van der Waals surface area contributed by atoms with Crippen LogP contribution >= 0.6 is 0 Å². The summed E-state index contributed by atoms with van der Waals surface area (Å²) in [5.41, 5.74) is -1.01. The van der Waals surface area contributed by atoms with Crippen molar-refractivity contribution < 1.29 is 9.59 Å².